The predicted molar refractivity (Wildman–Crippen MR) is 70.9 cm³/mol. The highest BCUT2D eigenvalue weighted by atomic mass is 16.2. The Morgan fingerprint density at radius 2 is 2.12 bits per heavy atom. The number of hydrogen-bond acceptors (Lipinski definition) is 2. The maximum absolute atomic E-state index is 12.1. The molecule has 4 heteroatoms. The highest BCUT2D eigenvalue weighted by molar-refractivity contribution is 5.94. The molecule has 0 fully saturated rings. The van der Waals surface area contributed by atoms with Crippen LogP contribution in [0.4, 0.5) is 5.69 Å². The van der Waals surface area contributed by atoms with Crippen LogP contribution in [0.5, 0.6) is 0 Å². The minimum absolute atomic E-state index is 0.0450. The van der Waals surface area contributed by atoms with Crippen molar-refractivity contribution in [1.29, 1.82) is 0 Å². The number of nitrogens with two attached hydrogens (primary N) is 1. The first kappa shape index (κ1) is 13.6. The van der Waals surface area contributed by atoms with E-state index in [2.05, 4.69) is 26.1 Å². The third-order valence-corrected chi connectivity index (χ3v) is 2.97. The van der Waals surface area contributed by atoms with E-state index < -0.39 is 0 Å². The fourth-order valence-corrected chi connectivity index (χ4v) is 1.60. The first-order valence-electron chi connectivity index (χ1n) is 6.22. The van der Waals surface area contributed by atoms with Crippen molar-refractivity contribution in [2.24, 2.45) is 5.92 Å². The fraction of sp³-hybridized carbons (Fsp3) is 0.615. The van der Waals surface area contributed by atoms with Gasteiger partial charge in [-0.15, -0.1) is 0 Å². The largest absolute Gasteiger partial charge is 0.397 e. The van der Waals surface area contributed by atoms with E-state index in [1.807, 2.05) is 17.7 Å². The zero-order valence-corrected chi connectivity index (χ0v) is 11.2. The van der Waals surface area contributed by atoms with Gasteiger partial charge in [0.15, 0.2) is 0 Å². The van der Waals surface area contributed by atoms with Crippen LogP contribution in [-0.2, 0) is 6.54 Å². The van der Waals surface area contributed by atoms with E-state index in [1.54, 1.807) is 6.07 Å². The molecule has 3 N–H and O–H groups in total. The summed E-state index contributed by atoms with van der Waals surface area (Å²) in [7, 11) is 0. The number of hydrogen-bond donors (Lipinski definition) is 2. The van der Waals surface area contributed by atoms with Crippen LogP contribution in [0.25, 0.3) is 0 Å². The summed E-state index contributed by atoms with van der Waals surface area (Å²) in [6.07, 6.45) is 2.80. The van der Waals surface area contributed by atoms with E-state index in [9.17, 15) is 4.79 Å². The number of aromatic nitrogens is 1. The predicted octanol–water partition coefficient (Wildman–Crippen LogP) is 2.25. The van der Waals surface area contributed by atoms with Crippen LogP contribution in [0.2, 0.25) is 0 Å². The van der Waals surface area contributed by atoms with Gasteiger partial charge in [0.25, 0.3) is 5.91 Å². The van der Waals surface area contributed by atoms with Crippen molar-refractivity contribution in [2.75, 3.05) is 5.73 Å². The number of carbonyl (C=O) groups is 1. The molecule has 0 aliphatic heterocycles. The molecule has 1 rings (SSSR count). The molecular formula is C13H23N3O. The van der Waals surface area contributed by atoms with Crippen molar-refractivity contribution in [3.63, 3.8) is 0 Å². The molecule has 0 aromatic carbocycles. The van der Waals surface area contributed by atoms with Gasteiger partial charge in [-0.2, -0.15) is 0 Å². The summed E-state index contributed by atoms with van der Waals surface area (Å²) in [6, 6.07) is 1.90. The number of nitrogens with one attached hydrogen (secondary N) is 1. The van der Waals surface area contributed by atoms with Crippen LogP contribution in [-0.4, -0.2) is 16.5 Å². The molecule has 0 aliphatic carbocycles. The molecule has 1 aromatic heterocycles. The number of rotatable bonds is 5. The lowest BCUT2D eigenvalue weighted by Crippen LogP contribution is -2.37. The average molecular weight is 237 g/mol. The Labute approximate surface area is 103 Å². The van der Waals surface area contributed by atoms with Gasteiger partial charge in [0.1, 0.15) is 5.69 Å². The molecule has 0 spiro atoms. The van der Waals surface area contributed by atoms with Crippen LogP contribution in [0.3, 0.4) is 0 Å². The van der Waals surface area contributed by atoms with Gasteiger partial charge in [0, 0.05) is 18.8 Å². The summed E-state index contributed by atoms with van der Waals surface area (Å²) in [5.41, 5.74) is 7.03. The number of aryl methyl sites for hydroxylation is 1. The van der Waals surface area contributed by atoms with Gasteiger partial charge in [-0.1, -0.05) is 20.8 Å². The Morgan fingerprint density at radius 3 is 2.65 bits per heavy atom. The molecule has 1 aromatic rings. The second-order valence-corrected chi connectivity index (χ2v) is 4.86. The quantitative estimate of drug-likeness (QED) is 0.825. The van der Waals surface area contributed by atoms with E-state index in [0.29, 0.717) is 17.3 Å². The average Bonchev–Trinajstić information content (AvgIpc) is 2.60. The van der Waals surface area contributed by atoms with Crippen molar-refractivity contribution in [1.82, 2.24) is 9.88 Å². The second kappa shape index (κ2) is 5.75. The van der Waals surface area contributed by atoms with Crippen LogP contribution < -0.4 is 11.1 Å². The van der Waals surface area contributed by atoms with Crippen molar-refractivity contribution in [3.8, 4) is 0 Å². The molecule has 0 aliphatic rings. The lowest BCUT2D eigenvalue weighted by atomic mass is 10.1. The summed E-state index contributed by atoms with van der Waals surface area (Å²) in [5, 5.41) is 2.99. The van der Waals surface area contributed by atoms with E-state index in [0.717, 1.165) is 13.0 Å². The molecule has 0 saturated heterocycles. The molecular weight excluding hydrogens is 214 g/mol. The van der Waals surface area contributed by atoms with Crippen LogP contribution >= 0.6 is 0 Å². The lowest BCUT2D eigenvalue weighted by Gasteiger charge is -2.18. The highest BCUT2D eigenvalue weighted by Gasteiger charge is 2.16. The molecule has 0 saturated carbocycles. The summed E-state index contributed by atoms with van der Waals surface area (Å²) in [6.45, 7) is 9.08. The number of nitrogen functional groups attached to an aromatic ring is 1. The SMILES string of the molecule is CCCn1cc(N)cc1C(=O)NC(C)C(C)C. The minimum Gasteiger partial charge on any atom is -0.397 e. The summed E-state index contributed by atoms with van der Waals surface area (Å²) in [4.78, 5) is 12.1. The van der Waals surface area contributed by atoms with E-state index in [4.69, 9.17) is 5.73 Å². The molecule has 0 bridgehead atoms. The smallest absolute Gasteiger partial charge is 0.268 e. The first-order chi connectivity index (χ1) is 7.95. The molecule has 1 heterocycles. The third-order valence-electron chi connectivity index (χ3n) is 2.97. The Kier molecular flexibility index (Phi) is 4.61. The van der Waals surface area contributed by atoms with Crippen molar-refractivity contribution in [3.05, 3.63) is 18.0 Å². The molecule has 1 atom stereocenters. The Bertz CT molecular complexity index is 382. The standard InChI is InChI=1S/C13H23N3O/c1-5-6-16-8-11(14)7-12(16)13(17)15-10(4)9(2)3/h7-10H,5-6,14H2,1-4H3,(H,15,17). The zero-order chi connectivity index (χ0) is 13.0. The Balaban J connectivity index is 2.80. The van der Waals surface area contributed by atoms with Gasteiger partial charge in [-0.3, -0.25) is 4.79 Å². The summed E-state index contributed by atoms with van der Waals surface area (Å²) < 4.78 is 1.91. The first-order valence-corrected chi connectivity index (χ1v) is 6.22. The van der Waals surface area contributed by atoms with Gasteiger partial charge in [-0.25, -0.2) is 0 Å². The lowest BCUT2D eigenvalue weighted by molar-refractivity contribution is 0.0921. The van der Waals surface area contributed by atoms with E-state index in [-0.39, 0.29) is 11.9 Å². The number of carbonyl (C=O) groups excluding carboxylic acids is 1. The number of anilines is 1. The van der Waals surface area contributed by atoms with E-state index in [1.165, 1.54) is 0 Å². The highest BCUT2D eigenvalue weighted by Crippen LogP contribution is 2.12. The topological polar surface area (TPSA) is 60.0 Å². The Morgan fingerprint density at radius 1 is 1.47 bits per heavy atom. The zero-order valence-electron chi connectivity index (χ0n) is 11.2. The second-order valence-electron chi connectivity index (χ2n) is 4.86. The normalized spacial score (nSPS) is 12.8. The summed E-state index contributed by atoms with van der Waals surface area (Å²) in [5.74, 6) is 0.377. The molecule has 1 unspecified atom stereocenters. The van der Waals surface area contributed by atoms with Crippen molar-refractivity contribution < 1.29 is 4.79 Å². The van der Waals surface area contributed by atoms with Gasteiger partial charge in [0.2, 0.25) is 0 Å². The Hall–Kier alpha value is -1.45. The molecule has 0 radical (unpaired) electrons. The molecule has 4 nitrogen and oxygen atoms in total. The third kappa shape index (κ3) is 3.51. The molecule has 17 heavy (non-hydrogen) atoms. The molecule has 1 amide bonds. The summed E-state index contributed by atoms with van der Waals surface area (Å²) >= 11 is 0. The maximum Gasteiger partial charge on any atom is 0.268 e. The van der Waals surface area contributed by atoms with Gasteiger partial charge in [-0.05, 0) is 25.3 Å². The minimum atomic E-state index is -0.0450. The van der Waals surface area contributed by atoms with Gasteiger partial charge in [0.05, 0.1) is 5.69 Å². The van der Waals surface area contributed by atoms with Crippen molar-refractivity contribution >= 4 is 11.6 Å². The number of nitrogens with zero attached hydrogens (tertiary/aromatic N) is 1. The number of amides is 1. The van der Waals surface area contributed by atoms with E-state index >= 15 is 0 Å². The van der Waals surface area contributed by atoms with Crippen LogP contribution in [0.15, 0.2) is 12.3 Å². The van der Waals surface area contributed by atoms with Crippen molar-refractivity contribution in [2.45, 2.75) is 46.7 Å². The van der Waals surface area contributed by atoms with Gasteiger partial charge >= 0.3 is 0 Å². The van der Waals surface area contributed by atoms with Gasteiger partial charge < -0.3 is 15.6 Å². The fourth-order valence-electron chi connectivity index (χ4n) is 1.60. The van der Waals surface area contributed by atoms with Crippen LogP contribution in [0, 0.1) is 5.92 Å². The molecule has 96 valence electrons. The maximum atomic E-state index is 12.1. The van der Waals surface area contributed by atoms with Crippen LogP contribution in [0.1, 0.15) is 44.6 Å². The monoisotopic (exact) mass is 237 g/mol.